The molecule has 0 aliphatic rings. The molecule has 0 amide bonds. The van der Waals surface area contributed by atoms with Gasteiger partial charge in [0.05, 0.1) is 13.7 Å². The fourth-order valence-electron chi connectivity index (χ4n) is 0.931. The number of nitrogens with one attached hydrogen (secondary N) is 1. The van der Waals surface area contributed by atoms with Gasteiger partial charge in [0, 0.05) is 5.54 Å². The first-order valence-corrected chi connectivity index (χ1v) is 4.70. The lowest BCUT2D eigenvalue weighted by atomic mass is 10.1. The second-order valence-electron chi connectivity index (χ2n) is 4.22. The number of nitrogens with zero attached hydrogens (tertiary/aromatic N) is 1. The number of ether oxygens (including phenoxy) is 1. The van der Waals surface area contributed by atoms with Crippen molar-refractivity contribution >= 4 is 5.97 Å². The van der Waals surface area contributed by atoms with Gasteiger partial charge in [0.2, 0.25) is 5.89 Å². The van der Waals surface area contributed by atoms with Crippen molar-refractivity contribution in [3.8, 4) is 0 Å². The minimum absolute atomic E-state index is 0.0140. The van der Waals surface area contributed by atoms with E-state index in [-0.39, 0.29) is 11.2 Å². The van der Waals surface area contributed by atoms with Crippen LogP contribution in [-0.2, 0) is 11.3 Å². The smallest absolute Gasteiger partial charge is 0.360 e. The Bertz CT molecular complexity index is 339. The molecule has 84 valence electrons. The third-order valence-corrected chi connectivity index (χ3v) is 1.72. The predicted octanol–water partition coefficient (Wildman–Crippen LogP) is 1.35. The average molecular weight is 212 g/mol. The van der Waals surface area contributed by atoms with Crippen LogP contribution < -0.4 is 5.32 Å². The van der Waals surface area contributed by atoms with Gasteiger partial charge in [-0.15, -0.1) is 0 Å². The number of oxazole rings is 1. The standard InChI is InChI=1S/C10H16N2O3/c1-10(2,3)11-5-8-12-7(6-15-8)9(13)14-4/h6,11H,5H2,1-4H3. The van der Waals surface area contributed by atoms with Crippen molar-refractivity contribution in [1.29, 1.82) is 0 Å². The second kappa shape index (κ2) is 4.44. The quantitative estimate of drug-likeness (QED) is 0.766. The van der Waals surface area contributed by atoms with E-state index in [4.69, 9.17) is 4.42 Å². The molecule has 1 rings (SSSR count). The van der Waals surface area contributed by atoms with Crippen LogP contribution in [0, 0.1) is 0 Å². The zero-order valence-corrected chi connectivity index (χ0v) is 9.46. The Morgan fingerprint density at radius 3 is 2.80 bits per heavy atom. The molecule has 1 aromatic rings. The molecule has 1 heterocycles. The summed E-state index contributed by atoms with van der Waals surface area (Å²) in [6, 6.07) is 0. The van der Waals surface area contributed by atoms with E-state index < -0.39 is 5.97 Å². The lowest BCUT2D eigenvalue weighted by Crippen LogP contribution is -2.35. The molecule has 0 aliphatic heterocycles. The molecule has 0 saturated carbocycles. The van der Waals surface area contributed by atoms with Gasteiger partial charge in [0.25, 0.3) is 0 Å². The molecule has 1 N–H and O–H groups in total. The minimum atomic E-state index is -0.485. The summed E-state index contributed by atoms with van der Waals surface area (Å²) in [6.45, 7) is 6.60. The van der Waals surface area contributed by atoms with Gasteiger partial charge in [-0.25, -0.2) is 9.78 Å². The Balaban J connectivity index is 2.57. The first kappa shape index (κ1) is 11.7. The van der Waals surface area contributed by atoms with Crippen LogP contribution >= 0.6 is 0 Å². The molecule has 0 aliphatic carbocycles. The van der Waals surface area contributed by atoms with Gasteiger partial charge in [-0.05, 0) is 20.8 Å². The zero-order chi connectivity index (χ0) is 11.5. The first-order chi connectivity index (χ1) is 6.92. The van der Waals surface area contributed by atoms with E-state index in [1.54, 1.807) is 0 Å². The van der Waals surface area contributed by atoms with E-state index in [0.717, 1.165) is 0 Å². The average Bonchev–Trinajstić information content (AvgIpc) is 2.61. The van der Waals surface area contributed by atoms with Crippen molar-refractivity contribution in [1.82, 2.24) is 10.3 Å². The van der Waals surface area contributed by atoms with Gasteiger partial charge >= 0.3 is 5.97 Å². The van der Waals surface area contributed by atoms with Gasteiger partial charge in [0.15, 0.2) is 5.69 Å². The maximum absolute atomic E-state index is 11.1. The highest BCUT2D eigenvalue weighted by Gasteiger charge is 2.14. The molecule has 1 aromatic heterocycles. The first-order valence-electron chi connectivity index (χ1n) is 4.70. The van der Waals surface area contributed by atoms with E-state index in [9.17, 15) is 4.79 Å². The van der Waals surface area contributed by atoms with Crippen LogP contribution in [0.25, 0.3) is 0 Å². The number of esters is 1. The van der Waals surface area contributed by atoms with Gasteiger partial charge in [-0.2, -0.15) is 0 Å². The number of aromatic nitrogens is 1. The summed E-state index contributed by atoms with van der Waals surface area (Å²) in [5, 5.41) is 3.20. The Kier molecular flexibility index (Phi) is 3.47. The molecule has 15 heavy (non-hydrogen) atoms. The largest absolute Gasteiger partial charge is 0.464 e. The van der Waals surface area contributed by atoms with E-state index in [2.05, 4.69) is 15.0 Å². The van der Waals surface area contributed by atoms with Crippen molar-refractivity contribution < 1.29 is 13.9 Å². The van der Waals surface area contributed by atoms with Crippen molar-refractivity contribution in [2.24, 2.45) is 0 Å². The Hall–Kier alpha value is -1.36. The van der Waals surface area contributed by atoms with E-state index in [0.29, 0.717) is 12.4 Å². The van der Waals surface area contributed by atoms with Crippen LogP contribution in [0.1, 0.15) is 37.2 Å². The van der Waals surface area contributed by atoms with Crippen molar-refractivity contribution in [2.75, 3.05) is 7.11 Å². The topological polar surface area (TPSA) is 64.4 Å². The number of carbonyl (C=O) groups excluding carboxylic acids is 1. The third kappa shape index (κ3) is 3.71. The van der Waals surface area contributed by atoms with Gasteiger partial charge < -0.3 is 14.5 Å². The van der Waals surface area contributed by atoms with Crippen LogP contribution in [0.2, 0.25) is 0 Å². The van der Waals surface area contributed by atoms with Gasteiger partial charge in [-0.3, -0.25) is 0 Å². The lowest BCUT2D eigenvalue weighted by Gasteiger charge is -2.18. The monoisotopic (exact) mass is 212 g/mol. The van der Waals surface area contributed by atoms with E-state index >= 15 is 0 Å². The minimum Gasteiger partial charge on any atom is -0.464 e. The molecule has 0 bridgehead atoms. The van der Waals surface area contributed by atoms with Crippen molar-refractivity contribution in [3.63, 3.8) is 0 Å². The van der Waals surface area contributed by atoms with Gasteiger partial charge in [-0.1, -0.05) is 0 Å². The highest BCUT2D eigenvalue weighted by atomic mass is 16.5. The molecular weight excluding hydrogens is 196 g/mol. The fourth-order valence-corrected chi connectivity index (χ4v) is 0.931. The molecule has 0 radical (unpaired) electrons. The lowest BCUT2D eigenvalue weighted by molar-refractivity contribution is 0.0594. The molecule has 0 unspecified atom stereocenters. The molecule has 0 aromatic carbocycles. The zero-order valence-electron chi connectivity index (χ0n) is 9.46. The van der Waals surface area contributed by atoms with Crippen LogP contribution in [0.3, 0.4) is 0 Å². The fraction of sp³-hybridized carbons (Fsp3) is 0.600. The van der Waals surface area contributed by atoms with Crippen LogP contribution in [0.4, 0.5) is 0 Å². The van der Waals surface area contributed by atoms with Gasteiger partial charge in [0.1, 0.15) is 6.26 Å². The molecular formula is C10H16N2O3. The SMILES string of the molecule is COC(=O)c1coc(CNC(C)(C)C)n1. The molecule has 0 atom stereocenters. The Morgan fingerprint density at radius 2 is 2.27 bits per heavy atom. The molecule has 0 fully saturated rings. The van der Waals surface area contributed by atoms with Crippen LogP contribution in [0.15, 0.2) is 10.7 Å². The number of methoxy groups -OCH3 is 1. The summed E-state index contributed by atoms with van der Waals surface area (Å²) in [6.07, 6.45) is 1.30. The highest BCUT2D eigenvalue weighted by molar-refractivity contribution is 5.86. The maximum Gasteiger partial charge on any atom is 0.360 e. The summed E-state index contributed by atoms with van der Waals surface area (Å²) < 4.78 is 9.62. The molecule has 0 saturated heterocycles. The number of carbonyl (C=O) groups is 1. The van der Waals surface area contributed by atoms with Crippen LogP contribution in [-0.4, -0.2) is 23.6 Å². The van der Waals surface area contributed by atoms with Crippen molar-refractivity contribution in [2.45, 2.75) is 32.9 Å². The number of hydrogen-bond acceptors (Lipinski definition) is 5. The van der Waals surface area contributed by atoms with Crippen LogP contribution in [0.5, 0.6) is 0 Å². The summed E-state index contributed by atoms with van der Waals surface area (Å²) in [5.41, 5.74) is 0.183. The molecule has 5 heteroatoms. The molecule has 0 spiro atoms. The maximum atomic E-state index is 11.1. The van der Waals surface area contributed by atoms with Crippen molar-refractivity contribution in [3.05, 3.63) is 17.8 Å². The summed E-state index contributed by atoms with van der Waals surface area (Å²) in [7, 11) is 1.31. The Labute approximate surface area is 88.8 Å². The predicted molar refractivity (Wildman–Crippen MR) is 54.4 cm³/mol. The van der Waals surface area contributed by atoms with E-state index in [1.807, 2.05) is 20.8 Å². The summed E-state index contributed by atoms with van der Waals surface area (Å²) in [4.78, 5) is 15.0. The third-order valence-electron chi connectivity index (χ3n) is 1.72. The van der Waals surface area contributed by atoms with E-state index in [1.165, 1.54) is 13.4 Å². The number of rotatable bonds is 3. The summed E-state index contributed by atoms with van der Waals surface area (Å²) in [5.74, 6) is -0.00826. The normalized spacial score (nSPS) is 11.5. The second-order valence-corrected chi connectivity index (χ2v) is 4.22. The number of hydrogen-bond donors (Lipinski definition) is 1. The molecule has 5 nitrogen and oxygen atoms in total. The summed E-state index contributed by atoms with van der Waals surface area (Å²) >= 11 is 0. The Morgan fingerprint density at radius 1 is 1.60 bits per heavy atom. The highest BCUT2D eigenvalue weighted by Crippen LogP contribution is 2.06.